The van der Waals surface area contributed by atoms with Crippen molar-refractivity contribution in [3.63, 3.8) is 0 Å². The van der Waals surface area contributed by atoms with E-state index < -0.39 is 0 Å². The molecule has 3 saturated heterocycles. The number of thioether (sulfide) groups is 3. The van der Waals surface area contributed by atoms with E-state index in [0.717, 1.165) is 37.1 Å². The van der Waals surface area contributed by atoms with E-state index in [9.17, 15) is 0 Å². The van der Waals surface area contributed by atoms with Crippen LogP contribution in [-0.2, 0) is 42.6 Å². The largest absolute Gasteiger partial charge is 0.378 e. The van der Waals surface area contributed by atoms with Gasteiger partial charge in [-0.2, -0.15) is 0 Å². The lowest BCUT2D eigenvalue weighted by molar-refractivity contribution is 0.0473. The zero-order chi connectivity index (χ0) is 29.4. The average Bonchev–Trinajstić information content (AvgIpc) is 3.85. The predicted molar refractivity (Wildman–Crippen MR) is 170 cm³/mol. The number of hydrogen-bond donors (Lipinski definition) is 0. The molecule has 12 heteroatoms. The van der Waals surface area contributed by atoms with Gasteiger partial charge in [0.1, 0.15) is 18.3 Å². The fraction of sp³-hybridized carbons (Fsp3) is 0.677. The van der Waals surface area contributed by atoms with Crippen molar-refractivity contribution in [3.8, 4) is 0 Å². The second kappa shape index (κ2) is 19.8. The molecule has 0 N–H and O–H groups in total. The molecule has 3 aliphatic heterocycles. The molecule has 43 heavy (non-hydrogen) atoms. The molecule has 3 heterocycles. The molecule has 3 unspecified atom stereocenters. The molecule has 2 aromatic rings. The lowest BCUT2D eigenvalue weighted by atomic mass is 10.1. The fourth-order valence-corrected chi connectivity index (χ4v) is 6.73. The molecule has 0 amide bonds. The van der Waals surface area contributed by atoms with Gasteiger partial charge in [-0.3, -0.25) is 0 Å². The monoisotopic (exact) mass is 656 g/mol. The van der Waals surface area contributed by atoms with Crippen molar-refractivity contribution >= 4 is 46.1 Å². The van der Waals surface area contributed by atoms with Crippen LogP contribution in [-0.4, -0.2) is 135 Å². The molecular formula is C31H44O9S3. The summed E-state index contributed by atoms with van der Waals surface area (Å²) in [5.74, 6) is 2.67. The van der Waals surface area contributed by atoms with Gasteiger partial charge in [0.25, 0.3) is 0 Å². The Bertz CT molecular complexity index is 1060. The molecule has 3 fully saturated rings. The van der Waals surface area contributed by atoms with E-state index in [1.807, 2.05) is 35.3 Å². The van der Waals surface area contributed by atoms with Crippen molar-refractivity contribution in [1.82, 2.24) is 0 Å². The Morgan fingerprint density at radius 3 is 1.47 bits per heavy atom. The zero-order valence-electron chi connectivity index (χ0n) is 24.7. The van der Waals surface area contributed by atoms with Crippen molar-refractivity contribution in [1.29, 1.82) is 0 Å². The number of fused-ring (bicyclic) bond motifs is 1. The molecule has 3 atom stereocenters. The number of ether oxygens (including phenoxy) is 9. The third kappa shape index (κ3) is 14.6. The Labute approximate surface area is 267 Å². The summed E-state index contributed by atoms with van der Waals surface area (Å²) in [6.45, 7) is 10.2. The molecule has 0 aliphatic carbocycles. The van der Waals surface area contributed by atoms with Crippen LogP contribution >= 0.6 is 35.3 Å². The van der Waals surface area contributed by atoms with Gasteiger partial charge in [0, 0.05) is 31.9 Å². The molecule has 0 aromatic heterocycles. The van der Waals surface area contributed by atoms with Crippen molar-refractivity contribution in [2.45, 2.75) is 33.0 Å². The number of epoxide rings is 3. The highest BCUT2D eigenvalue weighted by atomic mass is 32.2. The van der Waals surface area contributed by atoms with Gasteiger partial charge in [-0.1, -0.05) is 6.07 Å². The fourth-order valence-electron chi connectivity index (χ4n) is 4.02. The first-order chi connectivity index (χ1) is 21.3. The summed E-state index contributed by atoms with van der Waals surface area (Å²) >= 11 is 5.49. The van der Waals surface area contributed by atoms with Crippen molar-refractivity contribution in [2.75, 3.05) is 116 Å². The first-order valence-electron chi connectivity index (χ1n) is 15.1. The van der Waals surface area contributed by atoms with Crippen molar-refractivity contribution in [2.24, 2.45) is 0 Å². The second-order valence-corrected chi connectivity index (χ2v) is 13.8. The molecule has 2 aromatic carbocycles. The highest BCUT2D eigenvalue weighted by molar-refractivity contribution is 8.00. The third-order valence-electron chi connectivity index (χ3n) is 6.57. The SMILES string of the molecule is c1cc2c(SCCOCCOCC3CO3)cc(SCCOCCOCC3CO3)cc2cc1SCCOCCOCC1CO1. The van der Waals surface area contributed by atoms with Gasteiger partial charge in [-0.15, -0.1) is 35.3 Å². The maximum Gasteiger partial charge on any atom is 0.104 e. The lowest BCUT2D eigenvalue weighted by Crippen LogP contribution is -2.09. The first kappa shape index (κ1) is 33.7. The smallest absolute Gasteiger partial charge is 0.104 e. The van der Waals surface area contributed by atoms with Crippen LogP contribution < -0.4 is 0 Å². The summed E-state index contributed by atoms with van der Waals surface area (Å²) in [5.41, 5.74) is 0. The number of benzene rings is 2. The maximum absolute atomic E-state index is 5.80. The van der Waals surface area contributed by atoms with Crippen LogP contribution in [0.4, 0.5) is 0 Å². The van der Waals surface area contributed by atoms with Crippen LogP contribution in [0.1, 0.15) is 0 Å². The highest BCUT2D eigenvalue weighted by Crippen LogP contribution is 2.35. The summed E-state index contributed by atoms with van der Waals surface area (Å²) < 4.78 is 49.4. The van der Waals surface area contributed by atoms with E-state index in [-0.39, 0.29) is 0 Å². The van der Waals surface area contributed by atoms with Crippen LogP contribution in [0, 0.1) is 0 Å². The Kier molecular flexibility index (Phi) is 15.5. The number of hydrogen-bond acceptors (Lipinski definition) is 12. The minimum Gasteiger partial charge on any atom is -0.378 e. The first-order valence-corrected chi connectivity index (χ1v) is 18.1. The lowest BCUT2D eigenvalue weighted by Gasteiger charge is -2.12. The Balaban J connectivity index is 1.04. The van der Waals surface area contributed by atoms with Crippen molar-refractivity contribution < 1.29 is 42.6 Å². The minimum atomic E-state index is 0.298. The Hall–Kier alpha value is -0.610. The van der Waals surface area contributed by atoms with E-state index >= 15 is 0 Å². The zero-order valence-corrected chi connectivity index (χ0v) is 27.2. The summed E-state index contributed by atoms with van der Waals surface area (Å²) in [6, 6.07) is 11.3. The molecule has 9 nitrogen and oxygen atoms in total. The van der Waals surface area contributed by atoms with Gasteiger partial charge in [0.2, 0.25) is 0 Å². The van der Waals surface area contributed by atoms with E-state index in [1.165, 1.54) is 25.5 Å². The van der Waals surface area contributed by atoms with E-state index in [4.69, 9.17) is 42.6 Å². The molecule has 240 valence electrons. The summed E-state index contributed by atoms with van der Waals surface area (Å²) in [5, 5.41) is 2.52. The van der Waals surface area contributed by atoms with Crippen LogP contribution in [0.25, 0.3) is 10.8 Å². The standard InChI is InChI=1S/C31H44O9S3/c1-2-30-24(15-28(1)41-12-9-32-3-6-35-18-25-21-38-25)16-29(42-13-10-33-4-7-36-19-26-22-39-26)17-31(30)43-14-11-34-5-8-37-20-27-23-40-27/h1-2,15-17,25-27H,3-14,18-23H2. The topological polar surface area (TPSA) is 93.0 Å². The predicted octanol–water partition coefficient (Wildman–Crippen LogP) is 4.41. The number of rotatable bonds is 27. The van der Waals surface area contributed by atoms with Gasteiger partial charge >= 0.3 is 0 Å². The molecular weight excluding hydrogens is 613 g/mol. The van der Waals surface area contributed by atoms with Gasteiger partial charge in [-0.05, 0) is 35.0 Å². The van der Waals surface area contributed by atoms with Crippen LogP contribution in [0.2, 0.25) is 0 Å². The summed E-state index contributed by atoms with van der Waals surface area (Å²) in [7, 11) is 0. The molecule has 0 radical (unpaired) electrons. The van der Waals surface area contributed by atoms with E-state index in [2.05, 4.69) is 30.3 Å². The molecule has 0 bridgehead atoms. The van der Waals surface area contributed by atoms with Crippen LogP contribution in [0.3, 0.4) is 0 Å². The molecule has 0 saturated carbocycles. The van der Waals surface area contributed by atoms with Gasteiger partial charge in [0.05, 0.1) is 99.1 Å². The summed E-state index contributed by atoms with van der Waals surface area (Å²) in [6.07, 6.45) is 0.902. The second-order valence-electron chi connectivity index (χ2n) is 10.3. The van der Waals surface area contributed by atoms with Gasteiger partial charge < -0.3 is 42.6 Å². The quantitative estimate of drug-likeness (QED) is 0.0775. The van der Waals surface area contributed by atoms with E-state index in [0.29, 0.717) is 97.6 Å². The summed E-state index contributed by atoms with van der Waals surface area (Å²) in [4.78, 5) is 3.77. The molecule has 0 spiro atoms. The van der Waals surface area contributed by atoms with Crippen molar-refractivity contribution in [3.05, 3.63) is 30.3 Å². The van der Waals surface area contributed by atoms with Crippen LogP contribution in [0.5, 0.6) is 0 Å². The van der Waals surface area contributed by atoms with Gasteiger partial charge in [-0.25, -0.2) is 0 Å². The van der Waals surface area contributed by atoms with E-state index in [1.54, 1.807) is 0 Å². The Morgan fingerprint density at radius 1 is 0.512 bits per heavy atom. The van der Waals surface area contributed by atoms with Gasteiger partial charge in [0.15, 0.2) is 0 Å². The maximum atomic E-state index is 5.80. The minimum absolute atomic E-state index is 0.298. The molecule has 5 rings (SSSR count). The Morgan fingerprint density at radius 2 is 0.953 bits per heavy atom. The highest BCUT2D eigenvalue weighted by Gasteiger charge is 2.23. The third-order valence-corrected chi connectivity index (χ3v) is 9.49. The normalized spacial score (nSPS) is 20.6. The molecule has 3 aliphatic rings. The average molecular weight is 657 g/mol. The van der Waals surface area contributed by atoms with Crippen LogP contribution in [0.15, 0.2) is 45.0 Å².